The van der Waals surface area contributed by atoms with Crippen LogP contribution < -0.4 is 9.47 Å². The van der Waals surface area contributed by atoms with Gasteiger partial charge in [0, 0.05) is 18.6 Å². The average Bonchev–Trinajstić information content (AvgIpc) is 2.70. The van der Waals surface area contributed by atoms with Crippen molar-refractivity contribution in [2.45, 2.75) is 44.9 Å². The molecule has 0 unspecified atom stereocenters. The molecule has 0 amide bonds. The van der Waals surface area contributed by atoms with Gasteiger partial charge in [-0.05, 0) is 5.92 Å². The summed E-state index contributed by atoms with van der Waals surface area (Å²) < 4.78 is 10.7. The number of rotatable bonds is 4. The number of nitrogens with one attached hydrogen (secondary N) is 1. The van der Waals surface area contributed by atoms with E-state index < -0.39 is 0 Å². The Morgan fingerprint density at radius 2 is 1.71 bits per heavy atom. The lowest BCUT2D eigenvalue weighted by atomic mass is 9.96. The SMILES string of the molecule is COc1cc2nc(CC3CCCCCC3)[nH]c2cc1OC. The molecule has 0 radical (unpaired) electrons. The van der Waals surface area contributed by atoms with Crippen molar-refractivity contribution in [2.24, 2.45) is 5.92 Å². The fourth-order valence-electron chi connectivity index (χ4n) is 3.33. The molecule has 1 aromatic heterocycles. The second-order valence-corrected chi connectivity index (χ2v) is 5.97. The second kappa shape index (κ2) is 6.37. The van der Waals surface area contributed by atoms with Gasteiger partial charge in [-0.1, -0.05) is 38.5 Å². The van der Waals surface area contributed by atoms with Gasteiger partial charge < -0.3 is 14.5 Å². The molecule has 1 N–H and O–H groups in total. The molecule has 0 spiro atoms. The van der Waals surface area contributed by atoms with Gasteiger partial charge in [-0.2, -0.15) is 0 Å². The van der Waals surface area contributed by atoms with Crippen molar-refractivity contribution >= 4 is 11.0 Å². The zero-order valence-corrected chi connectivity index (χ0v) is 12.9. The van der Waals surface area contributed by atoms with E-state index in [0.29, 0.717) is 0 Å². The zero-order valence-electron chi connectivity index (χ0n) is 12.9. The van der Waals surface area contributed by atoms with E-state index in [1.165, 1.54) is 38.5 Å². The number of imidazole rings is 1. The van der Waals surface area contributed by atoms with E-state index in [2.05, 4.69) is 4.98 Å². The third kappa shape index (κ3) is 3.14. The smallest absolute Gasteiger partial charge is 0.163 e. The third-order valence-electron chi connectivity index (χ3n) is 4.49. The Labute approximate surface area is 125 Å². The number of H-pyrrole nitrogens is 1. The Hall–Kier alpha value is -1.71. The molecular weight excluding hydrogens is 264 g/mol. The topological polar surface area (TPSA) is 47.1 Å². The highest BCUT2D eigenvalue weighted by molar-refractivity contribution is 5.79. The minimum absolute atomic E-state index is 0.734. The molecular formula is C17H24N2O2. The summed E-state index contributed by atoms with van der Waals surface area (Å²) in [6, 6.07) is 3.92. The number of fused-ring (bicyclic) bond motifs is 1. The summed E-state index contributed by atoms with van der Waals surface area (Å²) in [5.41, 5.74) is 1.98. The van der Waals surface area contributed by atoms with Crippen LogP contribution >= 0.6 is 0 Å². The number of hydrogen-bond donors (Lipinski definition) is 1. The zero-order chi connectivity index (χ0) is 14.7. The molecule has 0 aliphatic heterocycles. The highest BCUT2D eigenvalue weighted by Crippen LogP contribution is 2.32. The summed E-state index contributed by atoms with van der Waals surface area (Å²) in [5, 5.41) is 0. The highest BCUT2D eigenvalue weighted by atomic mass is 16.5. The van der Waals surface area contributed by atoms with E-state index in [4.69, 9.17) is 14.5 Å². The molecule has 1 aliphatic carbocycles. The number of aromatic amines is 1. The maximum absolute atomic E-state index is 5.35. The van der Waals surface area contributed by atoms with Gasteiger partial charge in [0.1, 0.15) is 5.82 Å². The first-order valence-corrected chi connectivity index (χ1v) is 7.90. The molecule has 0 saturated heterocycles. The van der Waals surface area contributed by atoms with Crippen molar-refractivity contribution in [2.75, 3.05) is 14.2 Å². The van der Waals surface area contributed by atoms with Crippen LogP contribution in [-0.2, 0) is 6.42 Å². The van der Waals surface area contributed by atoms with Crippen LogP contribution in [0, 0.1) is 5.92 Å². The Morgan fingerprint density at radius 3 is 2.38 bits per heavy atom. The van der Waals surface area contributed by atoms with Crippen LogP contribution in [-0.4, -0.2) is 24.2 Å². The highest BCUT2D eigenvalue weighted by Gasteiger charge is 2.16. The number of ether oxygens (including phenoxy) is 2. The minimum Gasteiger partial charge on any atom is -0.493 e. The monoisotopic (exact) mass is 288 g/mol. The van der Waals surface area contributed by atoms with Crippen LogP contribution in [0.3, 0.4) is 0 Å². The predicted molar refractivity (Wildman–Crippen MR) is 84.1 cm³/mol. The normalized spacial score (nSPS) is 16.9. The van der Waals surface area contributed by atoms with Crippen LogP contribution in [0.2, 0.25) is 0 Å². The Morgan fingerprint density at radius 1 is 1.05 bits per heavy atom. The molecule has 4 nitrogen and oxygen atoms in total. The molecule has 1 aliphatic rings. The molecule has 1 heterocycles. The first-order valence-electron chi connectivity index (χ1n) is 7.90. The average molecular weight is 288 g/mol. The first-order chi connectivity index (χ1) is 10.3. The number of benzene rings is 1. The van der Waals surface area contributed by atoms with Crippen LogP contribution in [0.25, 0.3) is 11.0 Å². The van der Waals surface area contributed by atoms with Gasteiger partial charge in [0.05, 0.1) is 25.3 Å². The van der Waals surface area contributed by atoms with Crippen molar-refractivity contribution in [3.63, 3.8) is 0 Å². The van der Waals surface area contributed by atoms with Crippen LogP contribution in [0.4, 0.5) is 0 Å². The van der Waals surface area contributed by atoms with Crippen molar-refractivity contribution in [1.82, 2.24) is 9.97 Å². The summed E-state index contributed by atoms with van der Waals surface area (Å²) >= 11 is 0. The number of hydrogen-bond acceptors (Lipinski definition) is 3. The fraction of sp³-hybridized carbons (Fsp3) is 0.588. The predicted octanol–water partition coefficient (Wildman–Crippen LogP) is 4.09. The van der Waals surface area contributed by atoms with Gasteiger partial charge >= 0.3 is 0 Å². The summed E-state index contributed by atoms with van der Waals surface area (Å²) in [7, 11) is 3.31. The van der Waals surface area contributed by atoms with Gasteiger partial charge in [-0.15, -0.1) is 0 Å². The molecule has 0 bridgehead atoms. The molecule has 1 fully saturated rings. The molecule has 114 valence electrons. The molecule has 4 heteroatoms. The quantitative estimate of drug-likeness (QED) is 0.862. The molecule has 1 saturated carbocycles. The molecule has 1 aromatic carbocycles. The molecule has 2 aromatic rings. The summed E-state index contributed by atoms with van der Waals surface area (Å²) in [6.45, 7) is 0. The Kier molecular flexibility index (Phi) is 4.32. The lowest BCUT2D eigenvalue weighted by Gasteiger charge is -2.11. The first kappa shape index (κ1) is 14.2. The van der Waals surface area contributed by atoms with Crippen LogP contribution in [0.1, 0.15) is 44.3 Å². The van der Waals surface area contributed by atoms with Gasteiger partial charge in [0.15, 0.2) is 11.5 Å². The van der Waals surface area contributed by atoms with Gasteiger partial charge in [0.2, 0.25) is 0 Å². The maximum atomic E-state index is 5.35. The molecule has 0 atom stereocenters. The van der Waals surface area contributed by atoms with E-state index >= 15 is 0 Å². The number of aromatic nitrogens is 2. The summed E-state index contributed by atoms with van der Waals surface area (Å²) in [5.74, 6) is 3.34. The van der Waals surface area contributed by atoms with Crippen molar-refractivity contribution in [1.29, 1.82) is 0 Å². The summed E-state index contributed by atoms with van der Waals surface area (Å²) in [6.07, 6.45) is 9.25. The van der Waals surface area contributed by atoms with E-state index in [9.17, 15) is 0 Å². The maximum Gasteiger partial charge on any atom is 0.163 e. The van der Waals surface area contributed by atoms with Crippen molar-refractivity contribution in [3.8, 4) is 11.5 Å². The fourth-order valence-corrected chi connectivity index (χ4v) is 3.33. The van der Waals surface area contributed by atoms with Gasteiger partial charge in [-0.25, -0.2) is 4.98 Å². The minimum atomic E-state index is 0.734. The third-order valence-corrected chi connectivity index (χ3v) is 4.49. The number of methoxy groups -OCH3 is 2. The number of nitrogens with zero attached hydrogens (tertiary/aromatic N) is 1. The van der Waals surface area contributed by atoms with Crippen LogP contribution in [0.15, 0.2) is 12.1 Å². The Bertz CT molecular complexity index is 557. The Balaban J connectivity index is 1.83. The lowest BCUT2D eigenvalue weighted by molar-refractivity contribution is 0.356. The van der Waals surface area contributed by atoms with E-state index in [1.54, 1.807) is 14.2 Å². The lowest BCUT2D eigenvalue weighted by Crippen LogP contribution is -2.04. The second-order valence-electron chi connectivity index (χ2n) is 5.97. The van der Waals surface area contributed by atoms with E-state index in [0.717, 1.165) is 40.7 Å². The van der Waals surface area contributed by atoms with Gasteiger partial charge in [-0.3, -0.25) is 0 Å². The van der Waals surface area contributed by atoms with Crippen molar-refractivity contribution < 1.29 is 9.47 Å². The molecule has 21 heavy (non-hydrogen) atoms. The van der Waals surface area contributed by atoms with Crippen molar-refractivity contribution in [3.05, 3.63) is 18.0 Å². The standard InChI is InChI=1S/C17H24N2O2/c1-20-15-10-13-14(11-16(15)21-2)19-17(18-13)9-12-7-5-3-4-6-8-12/h10-12H,3-9H2,1-2H3,(H,18,19). The van der Waals surface area contributed by atoms with Gasteiger partial charge in [0.25, 0.3) is 0 Å². The van der Waals surface area contributed by atoms with Crippen LogP contribution in [0.5, 0.6) is 11.5 Å². The van der Waals surface area contributed by atoms with E-state index in [-0.39, 0.29) is 0 Å². The largest absolute Gasteiger partial charge is 0.493 e. The van der Waals surface area contributed by atoms with E-state index in [1.807, 2.05) is 12.1 Å². The molecule has 3 rings (SSSR count). The summed E-state index contributed by atoms with van der Waals surface area (Å²) in [4.78, 5) is 8.17.